The average molecular weight is 363 g/mol. The number of carbonyl (C=O) groups is 2. The highest BCUT2D eigenvalue weighted by molar-refractivity contribution is 6.14. The van der Waals surface area contributed by atoms with Crippen LogP contribution in [0.25, 0.3) is 0 Å². The number of ether oxygens (including phenoxy) is 1. The number of likely N-dealkylation sites (N-methyl/N-ethyl adjacent to an activating group) is 1. The maximum atomic E-state index is 15.0. The molecule has 0 aliphatic carbocycles. The van der Waals surface area contributed by atoms with Crippen molar-refractivity contribution < 1.29 is 23.8 Å². The number of Topliss-reactive ketones (excluding diaryl/α,β-unsaturated/α-hetero) is 1. The Morgan fingerprint density at radius 1 is 1.27 bits per heavy atom. The van der Waals surface area contributed by atoms with E-state index in [1.54, 1.807) is 0 Å². The molecule has 0 aromatic heterocycles. The van der Waals surface area contributed by atoms with Gasteiger partial charge in [0.25, 0.3) is 0 Å². The van der Waals surface area contributed by atoms with Crippen LogP contribution in [0.3, 0.4) is 0 Å². The molecule has 1 saturated heterocycles. The van der Waals surface area contributed by atoms with Gasteiger partial charge in [-0.25, -0.2) is 4.39 Å². The lowest BCUT2D eigenvalue weighted by Crippen LogP contribution is -2.51. The molecule has 8 heteroatoms. The number of piperazine rings is 1. The molecule has 0 saturated carbocycles. The topological polar surface area (TPSA) is 73.3 Å². The average Bonchev–Trinajstić information content (AvgIpc) is 2.60. The van der Waals surface area contributed by atoms with Gasteiger partial charge >= 0.3 is 5.97 Å². The minimum atomic E-state index is -1.18. The second-order valence-electron chi connectivity index (χ2n) is 7.29. The molecule has 1 N–H and O–H groups in total. The van der Waals surface area contributed by atoms with Crippen LogP contribution < -0.4 is 14.5 Å². The van der Waals surface area contributed by atoms with Crippen LogP contribution in [0.4, 0.5) is 15.8 Å². The molecule has 0 amide bonds. The molecule has 140 valence electrons. The van der Waals surface area contributed by atoms with Gasteiger partial charge in [0.2, 0.25) is 0 Å². The Kier molecular flexibility index (Phi) is 4.02. The van der Waals surface area contributed by atoms with E-state index in [4.69, 9.17) is 4.74 Å². The van der Waals surface area contributed by atoms with E-state index in [9.17, 15) is 14.7 Å². The summed E-state index contributed by atoms with van der Waals surface area (Å²) in [5.41, 5.74) is 1.04. The first kappa shape index (κ1) is 17.1. The van der Waals surface area contributed by atoms with Crippen LogP contribution in [0.15, 0.2) is 6.07 Å². The zero-order chi connectivity index (χ0) is 18.6. The third-order valence-electron chi connectivity index (χ3n) is 5.55. The van der Waals surface area contributed by atoms with Gasteiger partial charge < -0.3 is 24.5 Å². The fourth-order valence-electron chi connectivity index (χ4n) is 3.98. The zero-order valence-electron chi connectivity index (χ0n) is 14.9. The Bertz CT molecular complexity index is 776. The number of halogens is 1. The summed E-state index contributed by atoms with van der Waals surface area (Å²) < 4.78 is 20.9. The van der Waals surface area contributed by atoms with Crippen molar-refractivity contribution in [2.75, 3.05) is 56.2 Å². The molecule has 2 atom stereocenters. The molecule has 3 aliphatic rings. The number of hydrogen-bond acceptors (Lipinski definition) is 6. The second-order valence-corrected chi connectivity index (χ2v) is 7.29. The minimum Gasteiger partial charge on any atom is -0.487 e. The summed E-state index contributed by atoms with van der Waals surface area (Å²) in [6.07, 6.45) is 0. The SMILES string of the molecule is C[C@H]1COc2c(N3CCN(C)CC3)c(F)cc3c2N1CC(C(=O)O)C3=O. The molecule has 3 heterocycles. The first-order valence-corrected chi connectivity index (χ1v) is 8.85. The van der Waals surface area contributed by atoms with E-state index in [-0.39, 0.29) is 18.2 Å². The number of ketones is 1. The van der Waals surface area contributed by atoms with Gasteiger partial charge in [-0.3, -0.25) is 9.59 Å². The molecule has 0 spiro atoms. The third kappa shape index (κ3) is 2.51. The summed E-state index contributed by atoms with van der Waals surface area (Å²) in [4.78, 5) is 30.1. The number of anilines is 2. The molecular weight excluding hydrogens is 341 g/mol. The summed E-state index contributed by atoms with van der Waals surface area (Å²) in [6, 6.07) is 1.11. The molecule has 26 heavy (non-hydrogen) atoms. The summed E-state index contributed by atoms with van der Waals surface area (Å²) in [5.74, 6) is -3.06. The summed E-state index contributed by atoms with van der Waals surface area (Å²) >= 11 is 0. The van der Waals surface area contributed by atoms with Gasteiger partial charge in [-0.15, -0.1) is 0 Å². The maximum absolute atomic E-state index is 15.0. The van der Waals surface area contributed by atoms with Crippen molar-refractivity contribution in [1.82, 2.24) is 4.90 Å². The fraction of sp³-hybridized carbons (Fsp3) is 0.556. The highest BCUT2D eigenvalue weighted by Gasteiger charge is 2.44. The molecule has 0 radical (unpaired) electrons. The van der Waals surface area contributed by atoms with Gasteiger partial charge in [0, 0.05) is 38.3 Å². The van der Waals surface area contributed by atoms with Gasteiger partial charge in [0.1, 0.15) is 18.2 Å². The maximum Gasteiger partial charge on any atom is 0.316 e. The molecule has 3 aliphatic heterocycles. The minimum absolute atomic E-state index is 0.0815. The lowest BCUT2D eigenvalue weighted by molar-refractivity contribution is -0.139. The number of carboxylic acids is 1. The van der Waals surface area contributed by atoms with Crippen molar-refractivity contribution in [3.8, 4) is 5.75 Å². The number of aliphatic carboxylic acids is 1. The Morgan fingerprint density at radius 2 is 1.96 bits per heavy atom. The number of carboxylic acid groups (broad SMARTS) is 1. The molecule has 1 fully saturated rings. The van der Waals surface area contributed by atoms with Gasteiger partial charge in [-0.1, -0.05) is 0 Å². The smallest absolute Gasteiger partial charge is 0.316 e. The number of nitrogens with zero attached hydrogens (tertiary/aromatic N) is 3. The van der Waals surface area contributed by atoms with Crippen LogP contribution in [0.1, 0.15) is 17.3 Å². The van der Waals surface area contributed by atoms with E-state index in [0.29, 0.717) is 36.8 Å². The van der Waals surface area contributed by atoms with E-state index in [1.807, 2.05) is 23.8 Å². The fourth-order valence-corrected chi connectivity index (χ4v) is 3.98. The van der Waals surface area contributed by atoms with Crippen molar-refractivity contribution in [3.05, 3.63) is 17.4 Å². The van der Waals surface area contributed by atoms with E-state index < -0.39 is 23.5 Å². The van der Waals surface area contributed by atoms with E-state index >= 15 is 4.39 Å². The molecule has 7 nitrogen and oxygen atoms in total. The van der Waals surface area contributed by atoms with E-state index in [2.05, 4.69) is 4.90 Å². The zero-order valence-corrected chi connectivity index (χ0v) is 14.9. The third-order valence-corrected chi connectivity index (χ3v) is 5.55. The normalized spacial score (nSPS) is 25.7. The lowest BCUT2D eigenvalue weighted by Gasteiger charge is -2.44. The standard InChI is InChI=1S/C18H22FN3O4/c1-10-9-26-17-14-11(16(23)12(18(24)25)8-22(10)14)7-13(19)15(17)21-5-3-20(2)4-6-21/h7,10,12H,3-6,8-9H2,1-2H3,(H,24,25)/t10-,12?/m0/s1. The van der Waals surface area contributed by atoms with Crippen molar-refractivity contribution in [2.24, 2.45) is 5.92 Å². The number of carbonyl (C=O) groups excluding carboxylic acids is 1. The Morgan fingerprint density at radius 3 is 2.62 bits per heavy atom. The molecule has 1 aromatic carbocycles. The van der Waals surface area contributed by atoms with Crippen molar-refractivity contribution in [1.29, 1.82) is 0 Å². The second kappa shape index (κ2) is 6.12. The predicted octanol–water partition coefficient (Wildman–Crippen LogP) is 1.06. The highest BCUT2D eigenvalue weighted by Crippen LogP contribution is 2.48. The summed E-state index contributed by atoms with van der Waals surface area (Å²) in [6.45, 7) is 5.31. The monoisotopic (exact) mass is 363 g/mol. The van der Waals surface area contributed by atoms with Crippen molar-refractivity contribution >= 4 is 23.1 Å². The number of hydrogen-bond donors (Lipinski definition) is 1. The first-order chi connectivity index (χ1) is 12.4. The van der Waals surface area contributed by atoms with Crippen LogP contribution in [0.2, 0.25) is 0 Å². The molecule has 4 rings (SSSR count). The Balaban J connectivity index is 1.85. The van der Waals surface area contributed by atoms with Crippen LogP contribution in [-0.4, -0.2) is 74.2 Å². The number of rotatable bonds is 2. The summed E-state index contributed by atoms with van der Waals surface area (Å²) in [7, 11) is 2.02. The van der Waals surface area contributed by atoms with Crippen LogP contribution in [-0.2, 0) is 4.79 Å². The Labute approximate surface area is 150 Å². The summed E-state index contributed by atoms with van der Waals surface area (Å²) in [5, 5.41) is 9.39. The van der Waals surface area contributed by atoms with Gasteiger partial charge in [0.05, 0.1) is 11.7 Å². The quantitative estimate of drug-likeness (QED) is 0.788. The molecule has 0 bridgehead atoms. The van der Waals surface area contributed by atoms with E-state index in [1.165, 1.54) is 6.07 Å². The van der Waals surface area contributed by atoms with Gasteiger partial charge in [-0.05, 0) is 20.0 Å². The van der Waals surface area contributed by atoms with Crippen molar-refractivity contribution in [3.63, 3.8) is 0 Å². The van der Waals surface area contributed by atoms with E-state index in [0.717, 1.165) is 13.1 Å². The first-order valence-electron chi connectivity index (χ1n) is 8.85. The molecule has 1 unspecified atom stereocenters. The Hall–Kier alpha value is -2.35. The van der Waals surface area contributed by atoms with Gasteiger partial charge in [0.15, 0.2) is 17.3 Å². The van der Waals surface area contributed by atoms with Crippen LogP contribution >= 0.6 is 0 Å². The van der Waals surface area contributed by atoms with Crippen LogP contribution in [0.5, 0.6) is 5.75 Å². The lowest BCUT2D eigenvalue weighted by atomic mass is 9.88. The molecular formula is C18H22FN3O4. The number of benzene rings is 1. The van der Waals surface area contributed by atoms with Crippen LogP contribution in [0, 0.1) is 11.7 Å². The molecule has 1 aromatic rings. The van der Waals surface area contributed by atoms with Gasteiger partial charge in [-0.2, -0.15) is 0 Å². The van der Waals surface area contributed by atoms with Crippen molar-refractivity contribution in [2.45, 2.75) is 13.0 Å². The largest absolute Gasteiger partial charge is 0.487 e. The highest BCUT2D eigenvalue weighted by atomic mass is 19.1. The predicted molar refractivity (Wildman–Crippen MR) is 93.9 cm³/mol.